The van der Waals surface area contributed by atoms with Crippen LogP contribution in [0.4, 0.5) is 18.9 Å². The van der Waals surface area contributed by atoms with Crippen LogP contribution in [0.5, 0.6) is 0 Å². The fourth-order valence-corrected chi connectivity index (χ4v) is 9.35. The van der Waals surface area contributed by atoms with Crippen molar-refractivity contribution in [1.82, 2.24) is 15.2 Å². The van der Waals surface area contributed by atoms with Crippen LogP contribution in [-0.2, 0) is 26.2 Å². The number of nitrogens with zero attached hydrogens (tertiary/aromatic N) is 2. The molecule has 14 heteroatoms. The zero-order chi connectivity index (χ0) is 63.8. The maximum atomic E-state index is 14.8. The molecule has 2 aliphatic rings. The second kappa shape index (κ2) is 50.5. The smallest absolute Gasteiger partial charge is 0.870 e. The van der Waals surface area contributed by atoms with Gasteiger partial charge in [-0.15, -0.1) is 0 Å². The number of halogens is 3. The van der Waals surface area contributed by atoms with E-state index in [9.17, 15) is 27.6 Å². The number of carbonyl (C=O) groups is 3. The molecule has 2 fully saturated rings. The standard InChI is InChI=1S/C31H39F3N4O2.C15H20O.C9H20.C6H12NO.2C4H10.C2H6.K.H2O/c1-19(18-38-11-8-23(9-12-38)31-26(32)15-24(22(4)39)16-27(31)33)13-25-21(3)36-10-7-29(25)37-17-28(34)30(35-5)14-20(2)40-6;1-5-13-9-14(11(3)8-10(13)2)15(6-7-15)12(4)16;1-4-7-9(6-3)8-5-2;1-3-5(2)6(8)4-7;2*1-3-4-2;1-2;;/h7,10,13-17,20,23,35H,8-9,11-12,18H2,1-6H3,(H,36,37);8-9H,5-7H2,1-4H3;9H,4-8H2,1-3H3;5H,1,3-4,7H2,2H3;2*3-4H2,1-2H3;1-2H3;;1H2/q;;;-1;;;;+1;/p-1/b19-13+,28-17+,30-14+;;;;;;;;. The second-order valence-electron chi connectivity index (χ2n) is 22.0. The van der Waals surface area contributed by atoms with Crippen molar-refractivity contribution in [1.29, 1.82) is 0 Å². The number of aromatic nitrogens is 1. The quantitative estimate of drug-likeness (QED) is 0.0341. The van der Waals surface area contributed by atoms with Gasteiger partial charge in [-0.1, -0.05) is 158 Å². The van der Waals surface area contributed by atoms with Crippen LogP contribution in [0.3, 0.4) is 0 Å². The predicted octanol–water partition coefficient (Wildman–Crippen LogP) is 15.5. The first-order chi connectivity index (χ1) is 39.4. The number of benzene rings is 2. The molecule has 0 amide bonds. The molecule has 3 aromatic rings. The zero-order valence-electron chi connectivity index (χ0n) is 57.3. The van der Waals surface area contributed by atoms with E-state index in [4.69, 9.17) is 10.5 Å². The molecule has 1 aliphatic carbocycles. The van der Waals surface area contributed by atoms with Crippen LogP contribution in [0.25, 0.3) is 6.08 Å². The first-order valence-electron chi connectivity index (χ1n) is 31.5. The molecule has 5 rings (SSSR count). The normalized spacial score (nSPS) is 14.3. The third kappa shape index (κ3) is 33.2. The van der Waals surface area contributed by atoms with E-state index in [0.29, 0.717) is 50.4 Å². The monoisotopic (exact) mass is 1220 g/mol. The number of anilines is 1. The van der Waals surface area contributed by atoms with Crippen molar-refractivity contribution in [3.8, 4) is 0 Å². The number of unbranched alkanes of at least 4 members (excludes halogenated alkanes) is 2. The summed E-state index contributed by atoms with van der Waals surface area (Å²) in [4.78, 5) is 40.5. The summed E-state index contributed by atoms with van der Waals surface area (Å²) in [6.45, 7) is 42.4. The third-order valence-electron chi connectivity index (χ3n) is 15.3. The average molecular weight is 1220 g/mol. The first-order valence-corrected chi connectivity index (χ1v) is 31.5. The molecule has 0 bridgehead atoms. The van der Waals surface area contributed by atoms with Gasteiger partial charge >= 0.3 is 51.4 Å². The second-order valence-corrected chi connectivity index (χ2v) is 22.0. The van der Waals surface area contributed by atoms with Crippen molar-refractivity contribution in [2.24, 2.45) is 17.6 Å². The van der Waals surface area contributed by atoms with Gasteiger partial charge < -0.3 is 33.5 Å². The number of hydrogen-bond donors (Lipinski definition) is 3. The van der Waals surface area contributed by atoms with Crippen molar-refractivity contribution >= 4 is 29.1 Å². The van der Waals surface area contributed by atoms with Gasteiger partial charge in [0.1, 0.15) is 23.2 Å². The number of hydrogen-bond acceptors (Lipinski definition) is 10. The number of rotatable bonds is 24. The van der Waals surface area contributed by atoms with E-state index in [2.05, 4.69) is 109 Å². The Morgan fingerprint density at radius 2 is 1.39 bits per heavy atom. The summed E-state index contributed by atoms with van der Waals surface area (Å²) in [6, 6.07) is 8.57. The summed E-state index contributed by atoms with van der Waals surface area (Å²) in [5, 5.41) is 5.91. The van der Waals surface area contributed by atoms with Gasteiger partial charge in [0.05, 0.1) is 23.8 Å². The summed E-state index contributed by atoms with van der Waals surface area (Å²) in [6.07, 6.45) is 23.7. The molecule has 2 heterocycles. The van der Waals surface area contributed by atoms with E-state index < -0.39 is 17.5 Å². The predicted molar refractivity (Wildman–Crippen MR) is 352 cm³/mol. The Kier molecular flexibility index (Phi) is 52.4. The number of aryl methyl sites for hydroxylation is 4. The van der Waals surface area contributed by atoms with Crippen LogP contribution in [-0.4, -0.2) is 79.2 Å². The van der Waals surface area contributed by atoms with Crippen molar-refractivity contribution in [2.45, 2.75) is 238 Å². The molecule has 2 aromatic carbocycles. The molecule has 2 unspecified atom stereocenters. The molecule has 5 N–H and O–H groups in total. The van der Waals surface area contributed by atoms with Gasteiger partial charge in [0.2, 0.25) is 0 Å². The van der Waals surface area contributed by atoms with Crippen molar-refractivity contribution in [2.75, 3.05) is 45.7 Å². The van der Waals surface area contributed by atoms with Crippen molar-refractivity contribution in [3.63, 3.8) is 0 Å². The number of likely N-dealkylation sites (N-methyl/N-ethyl adjacent to an activating group) is 1. The maximum absolute atomic E-state index is 14.8. The fraction of sp³-hybridized carbons (Fsp3) is 0.620. The van der Waals surface area contributed by atoms with E-state index >= 15 is 0 Å². The number of piperidine rings is 1. The Morgan fingerprint density at radius 3 is 1.78 bits per heavy atom. The Bertz CT molecular complexity index is 2380. The molecule has 1 saturated heterocycles. The number of nitrogens with two attached hydrogens (primary N) is 1. The summed E-state index contributed by atoms with van der Waals surface area (Å²) < 4.78 is 49.3. The van der Waals surface area contributed by atoms with Crippen LogP contribution >= 0.6 is 0 Å². The Morgan fingerprint density at radius 1 is 0.859 bits per heavy atom. The summed E-state index contributed by atoms with van der Waals surface area (Å²) in [5.74, 6) is -0.865. The number of Topliss-reactive ketones (excluding diaryl/α,β-unsaturated/α-hetero) is 3. The summed E-state index contributed by atoms with van der Waals surface area (Å²) >= 11 is 0. The average Bonchev–Trinajstić information content (AvgIpc) is 1.88. The molecule has 1 aliphatic heterocycles. The molecule has 1 saturated carbocycles. The molecule has 2 atom stereocenters. The molecule has 480 valence electrons. The zero-order valence-corrected chi connectivity index (χ0v) is 60.5. The summed E-state index contributed by atoms with van der Waals surface area (Å²) in [7, 11) is 3.21. The molecule has 1 aromatic heterocycles. The van der Waals surface area contributed by atoms with Gasteiger partial charge in [-0.3, -0.25) is 24.3 Å². The third-order valence-corrected chi connectivity index (χ3v) is 15.3. The molecular weight excluding hydrogens is 1100 g/mol. The van der Waals surface area contributed by atoms with E-state index in [1.54, 1.807) is 39.4 Å². The minimum Gasteiger partial charge on any atom is -0.870 e. The number of likely N-dealkylation sites (tertiary alicyclic amines) is 1. The Hall–Kier alpha value is -3.31. The minimum atomic E-state index is -0.650. The Balaban J connectivity index is -0.000000592. The number of allylic oxidation sites excluding steroid dienone is 1. The number of nitrogens with one attached hydrogen (secondary N) is 2. The number of carbonyl (C=O) groups excluding carboxylic acids is 3. The van der Waals surface area contributed by atoms with Crippen LogP contribution in [0.15, 0.2) is 65.9 Å². The first kappa shape index (κ1) is 88.1. The molecule has 0 spiro atoms. The topological polar surface area (TPSA) is 157 Å². The fourth-order valence-electron chi connectivity index (χ4n) is 9.35. The molecule has 10 nitrogen and oxygen atoms in total. The molecular formula is C71H118F3KN5O5-. The van der Waals surface area contributed by atoms with E-state index in [0.717, 1.165) is 59.8 Å². The van der Waals surface area contributed by atoms with Crippen LogP contribution < -0.4 is 67.8 Å². The summed E-state index contributed by atoms with van der Waals surface area (Å²) in [5.41, 5.74) is 14.1. The van der Waals surface area contributed by atoms with Gasteiger partial charge in [0.15, 0.2) is 11.6 Å². The number of pyridine rings is 1. The van der Waals surface area contributed by atoms with E-state index in [1.807, 2.05) is 47.6 Å². The number of ketones is 3. The molecule has 0 radical (unpaired) electrons. The van der Waals surface area contributed by atoms with Crippen molar-refractivity contribution in [3.05, 3.63) is 129 Å². The molecule has 85 heavy (non-hydrogen) atoms. The van der Waals surface area contributed by atoms with Gasteiger partial charge in [0.25, 0.3) is 0 Å². The minimum absolute atomic E-state index is 0. The van der Waals surface area contributed by atoms with Crippen LogP contribution in [0.2, 0.25) is 0 Å². The van der Waals surface area contributed by atoms with Gasteiger partial charge in [-0.2, -0.15) is 6.42 Å². The van der Waals surface area contributed by atoms with E-state index in [1.165, 1.54) is 93.2 Å². The van der Waals surface area contributed by atoms with E-state index in [-0.39, 0.29) is 109 Å². The number of ether oxygens (including phenoxy) is 1. The number of methoxy groups -OCH3 is 1. The van der Waals surface area contributed by atoms with Crippen molar-refractivity contribution < 1.29 is 89.2 Å². The SMILES string of the molecule is CC.CCCC.CCCC.CCCC(CC)CCC.CCc1cc(C2(C(C)=O)CC2)c(C)cc1C.CNC(=C/C(C)OC)/C(F)=C\Nc1ccnc(C)c1/C=C(\C)CN1CCC(c2c(F)cc(C(C)=O)cc2F)CC1.[CH2-]CC(C)C(=O)CN.[K+].[OH-]. The van der Waals surface area contributed by atoms with Gasteiger partial charge in [-0.25, -0.2) is 13.2 Å². The largest absolute Gasteiger partial charge is 1.00 e. The van der Waals surface area contributed by atoms with Gasteiger partial charge in [-0.05, 0) is 158 Å². The maximum Gasteiger partial charge on any atom is 1.00 e. The van der Waals surface area contributed by atoms with Crippen LogP contribution in [0.1, 0.15) is 249 Å². The van der Waals surface area contributed by atoms with Crippen LogP contribution in [0, 0.1) is 51.2 Å². The Labute approximate surface area is 559 Å². The van der Waals surface area contributed by atoms with Gasteiger partial charge in [0, 0.05) is 61.2 Å².